The van der Waals surface area contributed by atoms with Crippen molar-refractivity contribution < 1.29 is 0 Å². The molecule has 0 atom stereocenters. The van der Waals surface area contributed by atoms with Crippen LogP contribution in [0.5, 0.6) is 0 Å². The normalized spacial score (nSPS) is 17.0. The molecule has 116 valence electrons. The summed E-state index contributed by atoms with van der Waals surface area (Å²) in [7, 11) is 0. The molecule has 2 N–H and O–H groups in total. The number of thioether (sulfide) groups is 1. The van der Waals surface area contributed by atoms with Crippen molar-refractivity contribution in [3.63, 3.8) is 0 Å². The third kappa shape index (κ3) is 5.45. The van der Waals surface area contributed by atoms with Gasteiger partial charge in [-0.1, -0.05) is 68.1 Å². The Morgan fingerprint density at radius 1 is 1.27 bits per heavy atom. The zero-order chi connectivity index (χ0) is 16.4. The van der Waals surface area contributed by atoms with Crippen LogP contribution in [0.1, 0.15) is 31.9 Å². The predicted octanol–water partition coefficient (Wildman–Crippen LogP) is 5.86. The van der Waals surface area contributed by atoms with E-state index in [4.69, 9.17) is 5.73 Å². The van der Waals surface area contributed by atoms with Crippen LogP contribution in [0.3, 0.4) is 0 Å². The Morgan fingerprint density at radius 3 is 2.77 bits per heavy atom. The quantitative estimate of drug-likeness (QED) is 0.707. The zero-order valence-corrected chi connectivity index (χ0v) is 14.5. The minimum Gasteiger partial charge on any atom is -0.405 e. The van der Waals surface area contributed by atoms with Crippen molar-refractivity contribution in [3.8, 4) is 0 Å². The van der Waals surface area contributed by atoms with Gasteiger partial charge in [-0.25, -0.2) is 0 Å². The molecule has 2 heteroatoms. The second-order valence-corrected chi connectivity index (χ2v) is 5.62. The first-order valence-electron chi connectivity index (χ1n) is 7.58. The highest BCUT2D eigenvalue weighted by molar-refractivity contribution is 8.02. The van der Waals surface area contributed by atoms with Crippen molar-refractivity contribution in [3.05, 3.63) is 83.5 Å². The second kappa shape index (κ2) is 9.91. The topological polar surface area (TPSA) is 26.0 Å². The molecule has 0 bridgehead atoms. The van der Waals surface area contributed by atoms with Crippen LogP contribution < -0.4 is 5.73 Å². The van der Waals surface area contributed by atoms with Crippen molar-refractivity contribution in [2.24, 2.45) is 5.73 Å². The van der Waals surface area contributed by atoms with Crippen LogP contribution >= 0.6 is 11.8 Å². The number of hydrogen-bond acceptors (Lipinski definition) is 2. The minimum atomic E-state index is 0.904. The standard InChI is InChI=1S/C18H19NS.C2H6/c1-14(10-11-19)6-7-16-8-9-18-17(13-16)15(2)5-3-4-12-20-18;1-2/h3-6,8-13H,2,7,19H2,1H3;1-2H3/b5-3-,11-10-,12-4-,14-6-;. The maximum Gasteiger partial charge on any atom is 0.0194 e. The lowest BCUT2D eigenvalue weighted by Crippen LogP contribution is -1.90. The smallest absolute Gasteiger partial charge is 0.0194 e. The molecule has 1 aliphatic heterocycles. The van der Waals surface area contributed by atoms with Gasteiger partial charge in [-0.05, 0) is 59.9 Å². The van der Waals surface area contributed by atoms with Gasteiger partial charge in [0.15, 0.2) is 0 Å². The first-order valence-corrected chi connectivity index (χ1v) is 8.46. The summed E-state index contributed by atoms with van der Waals surface area (Å²) < 4.78 is 0. The van der Waals surface area contributed by atoms with E-state index in [0.717, 1.165) is 12.0 Å². The van der Waals surface area contributed by atoms with E-state index in [1.54, 1.807) is 18.0 Å². The van der Waals surface area contributed by atoms with Gasteiger partial charge < -0.3 is 5.73 Å². The number of rotatable bonds is 3. The van der Waals surface area contributed by atoms with Crippen molar-refractivity contribution in [1.29, 1.82) is 0 Å². The summed E-state index contributed by atoms with van der Waals surface area (Å²) in [5.74, 6) is 0. The molecule has 0 spiro atoms. The monoisotopic (exact) mass is 311 g/mol. The molecule has 1 aromatic rings. The van der Waals surface area contributed by atoms with Gasteiger partial charge in [-0.3, -0.25) is 0 Å². The summed E-state index contributed by atoms with van der Waals surface area (Å²) in [6, 6.07) is 6.57. The van der Waals surface area contributed by atoms with E-state index in [1.807, 2.05) is 32.1 Å². The Bertz CT molecular complexity index is 619. The maximum absolute atomic E-state index is 5.39. The summed E-state index contributed by atoms with van der Waals surface area (Å²) in [5, 5.41) is 2.09. The fourth-order valence-corrected chi connectivity index (χ4v) is 2.76. The van der Waals surface area contributed by atoms with Crippen molar-refractivity contribution in [1.82, 2.24) is 0 Å². The van der Waals surface area contributed by atoms with Crippen molar-refractivity contribution >= 4 is 17.3 Å². The third-order valence-corrected chi connectivity index (χ3v) is 3.99. The lowest BCUT2D eigenvalue weighted by molar-refractivity contribution is 1.21. The first-order chi connectivity index (χ1) is 10.7. The molecule has 0 amide bonds. The molecule has 0 aromatic heterocycles. The zero-order valence-electron chi connectivity index (χ0n) is 13.7. The molecule has 1 aromatic carbocycles. The van der Waals surface area contributed by atoms with E-state index in [0.29, 0.717) is 0 Å². The van der Waals surface area contributed by atoms with E-state index in [2.05, 4.69) is 49.3 Å². The van der Waals surface area contributed by atoms with Crippen LogP contribution in [0.2, 0.25) is 0 Å². The van der Waals surface area contributed by atoms with Gasteiger partial charge in [0.2, 0.25) is 0 Å². The van der Waals surface area contributed by atoms with Gasteiger partial charge in [0, 0.05) is 4.90 Å². The van der Waals surface area contributed by atoms with Crippen LogP contribution in [-0.2, 0) is 6.42 Å². The van der Waals surface area contributed by atoms with Gasteiger partial charge in [0.05, 0.1) is 0 Å². The molecule has 0 saturated carbocycles. The van der Waals surface area contributed by atoms with Gasteiger partial charge in [-0.2, -0.15) is 0 Å². The second-order valence-electron chi connectivity index (χ2n) is 4.67. The molecular formula is C20H25NS. The van der Waals surface area contributed by atoms with Crippen molar-refractivity contribution in [2.75, 3.05) is 0 Å². The molecule has 0 unspecified atom stereocenters. The van der Waals surface area contributed by atoms with Crippen LogP contribution in [0.4, 0.5) is 0 Å². The Hall–Kier alpha value is -1.93. The molecule has 0 radical (unpaired) electrons. The maximum atomic E-state index is 5.39. The van der Waals surface area contributed by atoms with Gasteiger partial charge >= 0.3 is 0 Å². The summed E-state index contributed by atoms with van der Waals surface area (Å²) in [5.41, 5.74) is 10.1. The van der Waals surface area contributed by atoms with Crippen LogP contribution in [-0.4, -0.2) is 0 Å². The number of allylic oxidation sites excluding steroid dienone is 7. The van der Waals surface area contributed by atoms with Crippen molar-refractivity contribution in [2.45, 2.75) is 32.1 Å². The lowest BCUT2D eigenvalue weighted by Gasteiger charge is -2.11. The van der Waals surface area contributed by atoms with E-state index in [-0.39, 0.29) is 0 Å². The predicted molar refractivity (Wildman–Crippen MR) is 102 cm³/mol. The SMILES string of the molecule is C=C1/C=C\C=C/Sc2ccc(C/C=C(C)\C=C/N)cc21.CC. The number of benzene rings is 1. The fourth-order valence-electron chi connectivity index (χ4n) is 1.98. The van der Waals surface area contributed by atoms with Gasteiger partial charge in [0.1, 0.15) is 0 Å². The van der Waals surface area contributed by atoms with Crippen LogP contribution in [0.15, 0.2) is 77.2 Å². The molecule has 1 nitrogen and oxygen atoms in total. The van der Waals surface area contributed by atoms with Crippen LogP contribution in [0.25, 0.3) is 5.57 Å². The van der Waals surface area contributed by atoms with Crippen LogP contribution in [0, 0.1) is 0 Å². The Balaban J connectivity index is 0.00000116. The fraction of sp³-hybridized carbons (Fsp3) is 0.200. The highest BCUT2D eigenvalue weighted by Crippen LogP contribution is 2.31. The summed E-state index contributed by atoms with van der Waals surface area (Å²) >= 11 is 1.73. The molecule has 22 heavy (non-hydrogen) atoms. The van der Waals surface area contributed by atoms with Gasteiger partial charge in [-0.15, -0.1) is 0 Å². The third-order valence-electron chi connectivity index (χ3n) is 3.09. The average Bonchev–Trinajstić information content (AvgIpc) is 2.53. The molecule has 0 fully saturated rings. The highest BCUT2D eigenvalue weighted by Gasteiger charge is 2.06. The highest BCUT2D eigenvalue weighted by atomic mass is 32.2. The Labute approximate surface area is 139 Å². The number of nitrogens with two attached hydrogens (primary N) is 1. The van der Waals surface area contributed by atoms with E-state index >= 15 is 0 Å². The number of hydrogen-bond donors (Lipinski definition) is 1. The molecule has 1 heterocycles. The molecule has 0 aliphatic carbocycles. The largest absolute Gasteiger partial charge is 0.405 e. The first kappa shape index (κ1) is 18.1. The molecule has 0 saturated heterocycles. The Kier molecular flexibility index (Phi) is 8.16. The summed E-state index contributed by atoms with van der Waals surface area (Å²) in [4.78, 5) is 1.25. The molecule has 2 rings (SSSR count). The average molecular weight is 311 g/mol. The Morgan fingerprint density at radius 2 is 2.05 bits per heavy atom. The minimum absolute atomic E-state index is 0.904. The van der Waals surface area contributed by atoms with Gasteiger partial charge in [0.25, 0.3) is 0 Å². The molecular weight excluding hydrogens is 286 g/mol. The number of fused-ring (bicyclic) bond motifs is 1. The molecule has 1 aliphatic rings. The van der Waals surface area contributed by atoms with E-state index < -0.39 is 0 Å². The lowest BCUT2D eigenvalue weighted by atomic mass is 10.0. The summed E-state index contributed by atoms with van der Waals surface area (Å²) in [6.07, 6.45) is 12.7. The van der Waals surface area contributed by atoms with E-state index in [1.165, 1.54) is 21.6 Å². The summed E-state index contributed by atoms with van der Waals surface area (Å²) in [6.45, 7) is 10.2. The van der Waals surface area contributed by atoms with E-state index in [9.17, 15) is 0 Å².